The number of rotatable bonds is 6. The molecule has 146 valence electrons. The van der Waals surface area contributed by atoms with E-state index in [9.17, 15) is 8.42 Å². The molecular formula is C19H22N6O2S. The van der Waals surface area contributed by atoms with Crippen LogP contribution in [0.2, 0.25) is 0 Å². The molecule has 0 N–H and O–H groups in total. The van der Waals surface area contributed by atoms with Gasteiger partial charge >= 0.3 is 0 Å². The van der Waals surface area contributed by atoms with Crippen LogP contribution in [0.4, 0.5) is 5.82 Å². The molecule has 1 saturated carbocycles. The van der Waals surface area contributed by atoms with E-state index in [-0.39, 0.29) is 11.8 Å². The lowest BCUT2D eigenvalue weighted by molar-refractivity contribution is 0.308. The minimum atomic E-state index is -3.35. The van der Waals surface area contributed by atoms with Crippen molar-refractivity contribution in [3.8, 4) is 0 Å². The zero-order chi connectivity index (χ0) is 19.3. The van der Waals surface area contributed by atoms with Gasteiger partial charge in [-0.25, -0.2) is 8.42 Å². The quantitative estimate of drug-likeness (QED) is 0.628. The minimum absolute atomic E-state index is 0.0243. The molecule has 0 atom stereocenters. The Morgan fingerprint density at radius 3 is 2.54 bits per heavy atom. The third-order valence-electron chi connectivity index (χ3n) is 5.55. The van der Waals surface area contributed by atoms with Gasteiger partial charge in [-0.15, -0.1) is 15.3 Å². The van der Waals surface area contributed by atoms with Crippen LogP contribution in [0.1, 0.15) is 30.1 Å². The second-order valence-corrected chi connectivity index (χ2v) is 9.64. The summed E-state index contributed by atoms with van der Waals surface area (Å²) in [6.07, 6.45) is 2.28. The average molecular weight is 398 g/mol. The smallest absolute Gasteiger partial charge is 0.218 e. The fraction of sp³-hybridized carbons (Fsp3) is 0.421. The maximum Gasteiger partial charge on any atom is 0.218 e. The molecule has 2 aromatic heterocycles. The summed E-state index contributed by atoms with van der Waals surface area (Å²) in [5, 5.41) is 13.1. The second kappa shape index (κ2) is 6.52. The molecule has 1 aliphatic carbocycles. The molecule has 9 heteroatoms. The molecule has 3 aromatic rings. The largest absolute Gasteiger partial charge is 0.352 e. The molecule has 28 heavy (non-hydrogen) atoms. The average Bonchev–Trinajstić information content (AvgIpc) is 3.40. The van der Waals surface area contributed by atoms with Crippen molar-refractivity contribution in [3.05, 3.63) is 53.9 Å². The summed E-state index contributed by atoms with van der Waals surface area (Å²) in [5.41, 5.74) is 1.56. The van der Waals surface area contributed by atoms with Crippen LogP contribution in [0.25, 0.3) is 5.65 Å². The maximum absolute atomic E-state index is 12.7. The van der Waals surface area contributed by atoms with Crippen molar-refractivity contribution in [2.45, 2.75) is 30.6 Å². The number of nitrogens with zero attached hydrogens (tertiary/aromatic N) is 6. The van der Waals surface area contributed by atoms with Crippen LogP contribution < -0.4 is 4.90 Å². The molecule has 1 aromatic carbocycles. The molecule has 8 nitrogen and oxygen atoms in total. The molecule has 0 radical (unpaired) electrons. The highest BCUT2D eigenvalue weighted by Gasteiger charge is 2.37. The highest BCUT2D eigenvalue weighted by atomic mass is 32.2. The Labute approximate surface area is 163 Å². The summed E-state index contributed by atoms with van der Waals surface area (Å²) >= 11 is 0. The summed E-state index contributed by atoms with van der Waals surface area (Å²) in [4.78, 5) is 2.09. The Kier molecular flexibility index (Phi) is 4.09. The normalized spacial score (nSPS) is 18.0. The summed E-state index contributed by atoms with van der Waals surface area (Å²) in [7, 11) is -1.68. The second-order valence-electron chi connectivity index (χ2n) is 7.61. The summed E-state index contributed by atoms with van der Waals surface area (Å²) < 4.78 is 28.8. The Balaban J connectivity index is 1.28. The van der Waals surface area contributed by atoms with Crippen molar-refractivity contribution in [1.82, 2.24) is 24.1 Å². The molecule has 1 aliphatic heterocycles. The number of sulfonamides is 1. The van der Waals surface area contributed by atoms with E-state index >= 15 is 0 Å². The van der Waals surface area contributed by atoms with Gasteiger partial charge in [0.25, 0.3) is 0 Å². The number of likely N-dealkylation sites (N-methyl/N-ethyl adjacent to an activating group) is 1. The van der Waals surface area contributed by atoms with Crippen LogP contribution in [0.3, 0.4) is 0 Å². The van der Waals surface area contributed by atoms with Crippen LogP contribution in [0, 0.1) is 0 Å². The molecule has 1 saturated heterocycles. The molecule has 5 rings (SSSR count). The Hall–Kier alpha value is -2.52. The van der Waals surface area contributed by atoms with E-state index in [1.807, 2.05) is 47.0 Å². The van der Waals surface area contributed by atoms with E-state index in [0.717, 1.165) is 35.7 Å². The molecule has 0 amide bonds. The number of hydrogen-bond acceptors (Lipinski definition) is 6. The van der Waals surface area contributed by atoms with E-state index in [0.29, 0.717) is 19.0 Å². The summed E-state index contributed by atoms with van der Waals surface area (Å²) in [6, 6.07) is 13.1. The van der Waals surface area contributed by atoms with Gasteiger partial charge in [0.15, 0.2) is 11.5 Å². The fourth-order valence-electron chi connectivity index (χ4n) is 3.55. The zero-order valence-electron chi connectivity index (χ0n) is 15.6. The van der Waals surface area contributed by atoms with Gasteiger partial charge in [-0.05, 0) is 30.5 Å². The Bertz CT molecular complexity index is 1100. The summed E-state index contributed by atoms with van der Waals surface area (Å²) in [6.45, 7) is 1.26. The van der Waals surface area contributed by atoms with Gasteiger partial charge in [-0.2, -0.15) is 8.82 Å². The minimum Gasteiger partial charge on any atom is -0.352 e. The van der Waals surface area contributed by atoms with Crippen molar-refractivity contribution < 1.29 is 8.42 Å². The van der Waals surface area contributed by atoms with Crippen LogP contribution in [0.15, 0.2) is 42.5 Å². The van der Waals surface area contributed by atoms with Gasteiger partial charge in [0.1, 0.15) is 5.82 Å². The van der Waals surface area contributed by atoms with Gasteiger partial charge in [-0.1, -0.05) is 30.3 Å². The number of aromatic nitrogens is 4. The Morgan fingerprint density at radius 1 is 1.07 bits per heavy atom. The van der Waals surface area contributed by atoms with Crippen molar-refractivity contribution in [3.63, 3.8) is 0 Å². The predicted octanol–water partition coefficient (Wildman–Crippen LogP) is 1.65. The molecule has 3 heterocycles. The lowest BCUT2D eigenvalue weighted by atomic mass is 10.1. The van der Waals surface area contributed by atoms with E-state index < -0.39 is 10.0 Å². The SMILES string of the molecule is CN(C1CN(c2ccc3nnc(C4CC4)n3n2)C1)S(=O)(=O)Cc1ccccc1. The van der Waals surface area contributed by atoms with Crippen LogP contribution in [-0.4, -0.2) is 58.7 Å². The summed E-state index contributed by atoms with van der Waals surface area (Å²) in [5.74, 6) is 2.25. The highest BCUT2D eigenvalue weighted by Crippen LogP contribution is 2.38. The molecular weight excluding hydrogens is 376 g/mol. The molecule has 2 aliphatic rings. The van der Waals surface area contributed by atoms with Gasteiger partial charge in [0.2, 0.25) is 10.0 Å². The fourth-order valence-corrected chi connectivity index (χ4v) is 4.95. The number of benzene rings is 1. The predicted molar refractivity (Wildman–Crippen MR) is 106 cm³/mol. The van der Waals surface area contributed by atoms with Crippen LogP contribution in [-0.2, 0) is 15.8 Å². The van der Waals surface area contributed by atoms with Gasteiger partial charge in [0.05, 0.1) is 11.8 Å². The van der Waals surface area contributed by atoms with Crippen molar-refractivity contribution in [1.29, 1.82) is 0 Å². The lowest BCUT2D eigenvalue weighted by Crippen LogP contribution is -2.60. The first-order valence-corrected chi connectivity index (χ1v) is 11.1. The maximum atomic E-state index is 12.7. The first kappa shape index (κ1) is 17.6. The topological polar surface area (TPSA) is 83.7 Å². The van der Waals surface area contributed by atoms with E-state index in [4.69, 9.17) is 5.10 Å². The van der Waals surface area contributed by atoms with Gasteiger partial charge in [-0.3, -0.25) is 0 Å². The van der Waals surface area contributed by atoms with Crippen LogP contribution in [0.5, 0.6) is 0 Å². The third-order valence-corrected chi connectivity index (χ3v) is 7.42. The molecule has 0 spiro atoms. The number of hydrogen-bond donors (Lipinski definition) is 0. The van der Waals surface area contributed by atoms with Crippen molar-refractivity contribution in [2.24, 2.45) is 0 Å². The molecule has 2 fully saturated rings. The van der Waals surface area contributed by atoms with E-state index in [1.165, 1.54) is 4.31 Å². The Morgan fingerprint density at radius 2 is 1.82 bits per heavy atom. The number of anilines is 1. The van der Waals surface area contributed by atoms with E-state index in [2.05, 4.69) is 15.1 Å². The molecule has 0 unspecified atom stereocenters. The van der Waals surface area contributed by atoms with Crippen molar-refractivity contribution in [2.75, 3.05) is 25.0 Å². The monoisotopic (exact) mass is 398 g/mol. The van der Waals surface area contributed by atoms with Crippen molar-refractivity contribution >= 4 is 21.5 Å². The first-order chi connectivity index (χ1) is 13.5. The third kappa shape index (κ3) is 3.14. The highest BCUT2D eigenvalue weighted by molar-refractivity contribution is 7.88. The van der Waals surface area contributed by atoms with Gasteiger partial charge < -0.3 is 4.90 Å². The van der Waals surface area contributed by atoms with Crippen LogP contribution >= 0.6 is 0 Å². The number of fused-ring (bicyclic) bond motifs is 1. The lowest BCUT2D eigenvalue weighted by Gasteiger charge is -2.43. The standard InChI is InChI=1S/C19H22N6O2S/c1-23(28(26,27)13-14-5-3-2-4-6-14)16-11-24(12-16)18-10-9-17-20-21-19(15-7-8-15)25(17)22-18/h2-6,9-10,15-16H,7-8,11-13H2,1H3. The first-order valence-electron chi connectivity index (χ1n) is 9.48. The molecule has 0 bridgehead atoms. The van der Waals surface area contributed by atoms with E-state index in [1.54, 1.807) is 7.05 Å². The zero-order valence-corrected chi connectivity index (χ0v) is 16.5. The van der Waals surface area contributed by atoms with Gasteiger partial charge in [0, 0.05) is 26.1 Å².